The van der Waals surface area contributed by atoms with E-state index < -0.39 is 0 Å². The molecule has 0 aliphatic carbocycles. The van der Waals surface area contributed by atoms with Crippen molar-refractivity contribution >= 4 is 17.4 Å². The van der Waals surface area contributed by atoms with Gasteiger partial charge in [0.1, 0.15) is 0 Å². The first-order chi connectivity index (χ1) is 11.3. The summed E-state index contributed by atoms with van der Waals surface area (Å²) in [5.41, 5.74) is 2.63. The molecule has 1 fully saturated rings. The standard InChI is InChI=1S/C18H23N3OS/c22-18(19-8-6-16-4-2-1-3-5-16)21-11-9-20(10-12-21)14-17-7-13-23-15-17/h1-5,7,13,15H,6,8-12,14H2,(H,19,22). The highest BCUT2D eigenvalue weighted by Crippen LogP contribution is 2.11. The molecule has 1 aromatic heterocycles. The average Bonchev–Trinajstić information content (AvgIpc) is 3.09. The first-order valence-electron chi connectivity index (χ1n) is 8.11. The van der Waals surface area contributed by atoms with Crippen molar-refractivity contribution in [2.75, 3.05) is 32.7 Å². The van der Waals surface area contributed by atoms with Crippen molar-refractivity contribution in [2.24, 2.45) is 0 Å². The van der Waals surface area contributed by atoms with Crippen molar-refractivity contribution < 1.29 is 4.79 Å². The van der Waals surface area contributed by atoms with Gasteiger partial charge in [0.05, 0.1) is 0 Å². The lowest BCUT2D eigenvalue weighted by molar-refractivity contribution is 0.135. The van der Waals surface area contributed by atoms with Crippen LogP contribution in [0.1, 0.15) is 11.1 Å². The fourth-order valence-electron chi connectivity index (χ4n) is 2.82. The molecule has 1 aromatic carbocycles. The molecule has 0 spiro atoms. The largest absolute Gasteiger partial charge is 0.338 e. The molecule has 0 saturated carbocycles. The summed E-state index contributed by atoms with van der Waals surface area (Å²) in [6, 6.07) is 12.5. The van der Waals surface area contributed by atoms with Crippen molar-refractivity contribution in [2.45, 2.75) is 13.0 Å². The molecule has 0 bridgehead atoms. The van der Waals surface area contributed by atoms with Gasteiger partial charge >= 0.3 is 6.03 Å². The van der Waals surface area contributed by atoms with E-state index in [2.05, 4.69) is 39.2 Å². The second kappa shape index (κ2) is 8.13. The van der Waals surface area contributed by atoms with Gasteiger partial charge in [0.25, 0.3) is 0 Å². The maximum absolute atomic E-state index is 12.2. The number of amides is 2. The summed E-state index contributed by atoms with van der Waals surface area (Å²) in [5, 5.41) is 7.35. The van der Waals surface area contributed by atoms with E-state index in [0.29, 0.717) is 6.54 Å². The Morgan fingerprint density at radius 3 is 2.52 bits per heavy atom. The van der Waals surface area contributed by atoms with Gasteiger partial charge in [-0.25, -0.2) is 4.79 Å². The molecule has 0 unspecified atom stereocenters. The van der Waals surface area contributed by atoms with Crippen molar-refractivity contribution in [3.63, 3.8) is 0 Å². The summed E-state index contributed by atoms with van der Waals surface area (Å²) < 4.78 is 0. The summed E-state index contributed by atoms with van der Waals surface area (Å²) in [4.78, 5) is 16.5. The Balaban J connectivity index is 1.36. The van der Waals surface area contributed by atoms with Gasteiger partial charge in [-0.1, -0.05) is 30.3 Å². The fraction of sp³-hybridized carbons (Fsp3) is 0.389. The molecule has 122 valence electrons. The molecule has 2 aromatic rings. The minimum atomic E-state index is 0.0658. The molecule has 1 aliphatic heterocycles. The molecule has 1 aliphatic rings. The maximum atomic E-state index is 12.2. The average molecular weight is 329 g/mol. The Hall–Kier alpha value is -1.85. The maximum Gasteiger partial charge on any atom is 0.317 e. The van der Waals surface area contributed by atoms with E-state index in [1.807, 2.05) is 23.1 Å². The van der Waals surface area contributed by atoms with E-state index in [0.717, 1.165) is 39.1 Å². The number of urea groups is 1. The van der Waals surface area contributed by atoms with Crippen LogP contribution < -0.4 is 5.32 Å². The van der Waals surface area contributed by atoms with E-state index >= 15 is 0 Å². The Morgan fingerprint density at radius 1 is 1.04 bits per heavy atom. The number of thiophene rings is 1. The zero-order valence-corrected chi connectivity index (χ0v) is 14.1. The fourth-order valence-corrected chi connectivity index (χ4v) is 3.48. The SMILES string of the molecule is O=C(NCCc1ccccc1)N1CCN(Cc2ccsc2)CC1. The van der Waals surface area contributed by atoms with E-state index in [4.69, 9.17) is 0 Å². The Labute approximate surface area is 141 Å². The molecule has 0 radical (unpaired) electrons. The Kier molecular flexibility index (Phi) is 5.66. The van der Waals surface area contributed by atoms with Gasteiger partial charge in [-0.05, 0) is 34.4 Å². The normalized spacial score (nSPS) is 15.6. The van der Waals surface area contributed by atoms with Crippen LogP contribution in [0.25, 0.3) is 0 Å². The van der Waals surface area contributed by atoms with Crippen LogP contribution in [0, 0.1) is 0 Å². The number of piperazine rings is 1. The molecule has 0 atom stereocenters. The number of nitrogens with one attached hydrogen (secondary N) is 1. The van der Waals surface area contributed by atoms with Gasteiger partial charge in [0, 0.05) is 39.3 Å². The first kappa shape index (κ1) is 16.0. The van der Waals surface area contributed by atoms with Crippen molar-refractivity contribution in [1.82, 2.24) is 15.1 Å². The second-order valence-electron chi connectivity index (χ2n) is 5.86. The summed E-state index contributed by atoms with van der Waals surface area (Å²) in [6.07, 6.45) is 0.880. The monoisotopic (exact) mass is 329 g/mol. The predicted octanol–water partition coefficient (Wildman–Crippen LogP) is 2.82. The van der Waals surface area contributed by atoms with Gasteiger partial charge in [-0.3, -0.25) is 4.90 Å². The topological polar surface area (TPSA) is 35.6 Å². The van der Waals surface area contributed by atoms with Crippen molar-refractivity contribution in [1.29, 1.82) is 0 Å². The van der Waals surface area contributed by atoms with Crippen LogP contribution >= 0.6 is 11.3 Å². The highest BCUT2D eigenvalue weighted by molar-refractivity contribution is 7.07. The number of hydrogen-bond donors (Lipinski definition) is 1. The third-order valence-electron chi connectivity index (χ3n) is 4.18. The molecule has 4 nitrogen and oxygen atoms in total. The molecule has 2 heterocycles. The van der Waals surface area contributed by atoms with E-state index in [1.54, 1.807) is 11.3 Å². The molecule has 23 heavy (non-hydrogen) atoms. The molecule has 1 saturated heterocycles. The molecule has 1 N–H and O–H groups in total. The van der Waals surface area contributed by atoms with E-state index in [-0.39, 0.29) is 6.03 Å². The number of carbonyl (C=O) groups excluding carboxylic acids is 1. The third-order valence-corrected chi connectivity index (χ3v) is 4.91. The van der Waals surface area contributed by atoms with E-state index in [1.165, 1.54) is 11.1 Å². The van der Waals surface area contributed by atoms with E-state index in [9.17, 15) is 4.79 Å². The molecule has 5 heteroatoms. The van der Waals surface area contributed by atoms with Gasteiger partial charge in [0.2, 0.25) is 0 Å². The van der Waals surface area contributed by atoms with Crippen LogP contribution in [0.5, 0.6) is 0 Å². The lowest BCUT2D eigenvalue weighted by Gasteiger charge is -2.34. The predicted molar refractivity (Wildman–Crippen MR) is 94.7 cm³/mol. The number of carbonyl (C=O) groups is 1. The van der Waals surface area contributed by atoms with Crippen LogP contribution in [0.3, 0.4) is 0 Å². The van der Waals surface area contributed by atoms with Crippen LogP contribution in [-0.2, 0) is 13.0 Å². The van der Waals surface area contributed by atoms with Gasteiger partial charge in [0.15, 0.2) is 0 Å². The number of nitrogens with zero attached hydrogens (tertiary/aromatic N) is 2. The number of rotatable bonds is 5. The second-order valence-corrected chi connectivity index (χ2v) is 6.64. The molecular weight excluding hydrogens is 306 g/mol. The third kappa shape index (κ3) is 4.81. The van der Waals surface area contributed by atoms with Crippen molar-refractivity contribution in [3.8, 4) is 0 Å². The van der Waals surface area contributed by atoms with Crippen LogP contribution in [0.4, 0.5) is 4.79 Å². The number of benzene rings is 1. The summed E-state index contributed by atoms with van der Waals surface area (Å²) in [5.74, 6) is 0. The lowest BCUT2D eigenvalue weighted by atomic mass is 10.1. The minimum absolute atomic E-state index is 0.0658. The summed E-state index contributed by atoms with van der Waals surface area (Å²) in [7, 11) is 0. The highest BCUT2D eigenvalue weighted by Gasteiger charge is 2.20. The first-order valence-corrected chi connectivity index (χ1v) is 9.06. The molecular formula is C18H23N3OS. The Morgan fingerprint density at radius 2 is 1.83 bits per heavy atom. The zero-order chi connectivity index (χ0) is 15.9. The zero-order valence-electron chi connectivity index (χ0n) is 13.3. The highest BCUT2D eigenvalue weighted by atomic mass is 32.1. The van der Waals surface area contributed by atoms with Crippen LogP contribution in [0.2, 0.25) is 0 Å². The minimum Gasteiger partial charge on any atom is -0.338 e. The van der Waals surface area contributed by atoms with Gasteiger partial charge in [-0.15, -0.1) is 0 Å². The Bertz CT molecular complexity index is 592. The van der Waals surface area contributed by atoms with Gasteiger partial charge < -0.3 is 10.2 Å². The van der Waals surface area contributed by atoms with Gasteiger partial charge in [-0.2, -0.15) is 11.3 Å². The molecule has 3 rings (SSSR count). The summed E-state index contributed by atoms with van der Waals surface area (Å²) >= 11 is 1.74. The quantitative estimate of drug-likeness (QED) is 0.915. The number of hydrogen-bond acceptors (Lipinski definition) is 3. The van der Waals surface area contributed by atoms with Crippen molar-refractivity contribution in [3.05, 3.63) is 58.3 Å². The smallest absolute Gasteiger partial charge is 0.317 e. The van der Waals surface area contributed by atoms with Crippen LogP contribution in [-0.4, -0.2) is 48.6 Å². The molecule has 2 amide bonds. The lowest BCUT2D eigenvalue weighted by Crippen LogP contribution is -2.51. The van der Waals surface area contributed by atoms with Crippen LogP contribution in [0.15, 0.2) is 47.2 Å². The summed E-state index contributed by atoms with van der Waals surface area (Å²) in [6.45, 7) is 5.19.